The monoisotopic (exact) mass is 534 g/mol. The van der Waals surface area contributed by atoms with Crippen molar-refractivity contribution in [2.24, 2.45) is 0 Å². The number of nitrogens with zero attached hydrogens (tertiary/aromatic N) is 6. The van der Waals surface area contributed by atoms with Crippen LogP contribution in [0.25, 0.3) is 17.1 Å². The Hall–Kier alpha value is -3.70. The zero-order valence-corrected chi connectivity index (χ0v) is 22.2. The topological polar surface area (TPSA) is 93.4 Å². The van der Waals surface area contributed by atoms with Gasteiger partial charge in [-0.2, -0.15) is 0 Å². The maximum absolute atomic E-state index is 12.9. The summed E-state index contributed by atoms with van der Waals surface area (Å²) in [6.07, 6.45) is 0. The van der Waals surface area contributed by atoms with E-state index in [2.05, 4.69) is 15.2 Å². The molecule has 11 heteroatoms. The molecule has 0 atom stereocenters. The molecule has 0 unspecified atom stereocenters. The van der Waals surface area contributed by atoms with E-state index in [1.165, 1.54) is 23.1 Å². The number of ether oxygens (including phenoxy) is 1. The zero-order chi connectivity index (χ0) is 25.8. The first-order valence-electron chi connectivity index (χ1n) is 11.8. The van der Waals surface area contributed by atoms with E-state index in [4.69, 9.17) is 4.74 Å². The average molecular weight is 535 g/mol. The van der Waals surface area contributed by atoms with Gasteiger partial charge in [-0.05, 0) is 24.3 Å². The summed E-state index contributed by atoms with van der Waals surface area (Å²) in [5.74, 6) is 1.96. The van der Waals surface area contributed by atoms with Gasteiger partial charge >= 0.3 is 0 Å². The molecule has 3 heterocycles. The van der Waals surface area contributed by atoms with Gasteiger partial charge in [-0.3, -0.25) is 14.2 Å². The molecule has 1 fully saturated rings. The first-order chi connectivity index (χ1) is 18.0. The normalized spacial score (nSPS) is 13.6. The molecule has 0 saturated carbocycles. The third kappa shape index (κ3) is 5.52. The second-order valence-electron chi connectivity index (χ2n) is 8.42. The number of aromatic nitrogens is 4. The fourth-order valence-electron chi connectivity index (χ4n) is 4.11. The van der Waals surface area contributed by atoms with Crippen LogP contribution in [0.1, 0.15) is 22.4 Å². The van der Waals surface area contributed by atoms with Crippen LogP contribution in [0.15, 0.2) is 65.1 Å². The Kier molecular flexibility index (Phi) is 7.52. The van der Waals surface area contributed by atoms with E-state index in [0.717, 1.165) is 27.2 Å². The molecule has 1 aliphatic heterocycles. The summed E-state index contributed by atoms with van der Waals surface area (Å²) in [6.45, 7) is 3.71. The molecule has 0 aliphatic carbocycles. The van der Waals surface area contributed by atoms with Crippen LogP contribution in [0, 0.1) is 0 Å². The van der Waals surface area contributed by atoms with Crippen molar-refractivity contribution in [2.45, 2.75) is 17.8 Å². The number of methoxy groups -OCH3 is 1. The third-order valence-corrected chi connectivity index (χ3v) is 8.06. The number of hydrogen-bond acceptors (Lipinski definition) is 8. The van der Waals surface area contributed by atoms with E-state index in [0.29, 0.717) is 43.5 Å². The maximum Gasteiger partial charge on any atom is 0.273 e. The highest BCUT2D eigenvalue weighted by molar-refractivity contribution is 7.98. The highest BCUT2D eigenvalue weighted by Crippen LogP contribution is 2.31. The summed E-state index contributed by atoms with van der Waals surface area (Å²) < 4.78 is 7.42. The number of rotatable bonds is 7. The van der Waals surface area contributed by atoms with Gasteiger partial charge in [0.15, 0.2) is 11.0 Å². The van der Waals surface area contributed by atoms with Gasteiger partial charge in [-0.25, -0.2) is 4.98 Å². The molecule has 2 aromatic carbocycles. The largest absolute Gasteiger partial charge is 0.497 e. The van der Waals surface area contributed by atoms with E-state index in [-0.39, 0.29) is 11.8 Å². The second-order valence-corrected chi connectivity index (χ2v) is 10.3. The molecule has 190 valence electrons. The van der Waals surface area contributed by atoms with E-state index in [1.807, 2.05) is 59.2 Å². The van der Waals surface area contributed by atoms with Crippen LogP contribution in [0.4, 0.5) is 0 Å². The number of thiazole rings is 1. The number of piperazine rings is 1. The third-order valence-electron chi connectivity index (χ3n) is 6.08. The van der Waals surface area contributed by atoms with Crippen molar-refractivity contribution in [3.05, 3.63) is 70.7 Å². The van der Waals surface area contributed by atoms with E-state index >= 15 is 0 Å². The minimum atomic E-state index is -0.0940. The summed E-state index contributed by atoms with van der Waals surface area (Å²) in [7, 11) is 1.64. The van der Waals surface area contributed by atoms with Gasteiger partial charge < -0.3 is 14.5 Å². The molecule has 0 N–H and O–H groups in total. The summed E-state index contributed by atoms with van der Waals surface area (Å²) in [5.41, 5.74) is 2.29. The molecule has 1 aliphatic rings. The molecule has 2 aromatic heterocycles. The van der Waals surface area contributed by atoms with E-state index < -0.39 is 0 Å². The first kappa shape index (κ1) is 25.0. The van der Waals surface area contributed by atoms with Gasteiger partial charge in [0, 0.05) is 49.7 Å². The van der Waals surface area contributed by atoms with Gasteiger partial charge in [0.1, 0.15) is 16.5 Å². The molecule has 5 rings (SSSR count). The predicted molar refractivity (Wildman–Crippen MR) is 143 cm³/mol. The molecule has 0 spiro atoms. The zero-order valence-electron chi connectivity index (χ0n) is 20.5. The lowest BCUT2D eigenvalue weighted by atomic mass is 10.2. The summed E-state index contributed by atoms with van der Waals surface area (Å²) in [5, 5.41) is 12.3. The van der Waals surface area contributed by atoms with Crippen LogP contribution in [0.2, 0.25) is 0 Å². The van der Waals surface area contributed by atoms with Gasteiger partial charge in [-0.15, -0.1) is 21.5 Å². The Labute approximate surface area is 223 Å². The minimum Gasteiger partial charge on any atom is -0.497 e. The predicted octanol–water partition coefficient (Wildman–Crippen LogP) is 4.00. The first-order valence-corrected chi connectivity index (χ1v) is 13.7. The fourth-order valence-corrected chi connectivity index (χ4v) is 5.85. The number of amides is 2. The number of para-hydroxylation sites is 1. The van der Waals surface area contributed by atoms with Gasteiger partial charge in [-0.1, -0.05) is 42.1 Å². The van der Waals surface area contributed by atoms with E-state index in [1.54, 1.807) is 29.2 Å². The minimum absolute atomic E-state index is 0.0398. The molecule has 37 heavy (non-hydrogen) atoms. The lowest BCUT2D eigenvalue weighted by molar-refractivity contribution is -0.130. The van der Waals surface area contributed by atoms with Crippen LogP contribution in [0.5, 0.6) is 5.75 Å². The van der Waals surface area contributed by atoms with Crippen LogP contribution in [0.3, 0.4) is 0 Å². The second kappa shape index (κ2) is 11.1. The van der Waals surface area contributed by atoms with E-state index in [9.17, 15) is 9.59 Å². The molecule has 4 aromatic rings. The van der Waals surface area contributed by atoms with Crippen molar-refractivity contribution in [1.82, 2.24) is 29.5 Å². The van der Waals surface area contributed by atoms with Gasteiger partial charge in [0.2, 0.25) is 5.91 Å². The number of carbonyl (C=O) groups excluding carboxylic acids is 2. The lowest BCUT2D eigenvalue weighted by Crippen LogP contribution is -2.50. The molecular formula is C26H26N6O3S2. The van der Waals surface area contributed by atoms with Crippen LogP contribution < -0.4 is 4.74 Å². The van der Waals surface area contributed by atoms with Gasteiger partial charge in [0.05, 0.1) is 12.9 Å². The Morgan fingerprint density at radius 2 is 1.76 bits per heavy atom. The molecule has 0 bridgehead atoms. The average Bonchev–Trinajstić information content (AvgIpc) is 3.59. The van der Waals surface area contributed by atoms with Crippen molar-refractivity contribution < 1.29 is 14.3 Å². The summed E-state index contributed by atoms with van der Waals surface area (Å²) in [6, 6.07) is 17.7. The smallest absolute Gasteiger partial charge is 0.273 e. The van der Waals surface area contributed by atoms with Crippen molar-refractivity contribution in [3.63, 3.8) is 0 Å². The quantitative estimate of drug-likeness (QED) is 0.331. The van der Waals surface area contributed by atoms with Crippen LogP contribution >= 0.6 is 23.1 Å². The Morgan fingerprint density at radius 3 is 2.49 bits per heavy atom. The summed E-state index contributed by atoms with van der Waals surface area (Å²) in [4.78, 5) is 32.6. The lowest BCUT2D eigenvalue weighted by Gasteiger charge is -2.33. The number of thioether (sulfide) groups is 1. The van der Waals surface area contributed by atoms with Crippen molar-refractivity contribution >= 4 is 34.9 Å². The molecule has 2 amide bonds. The molecular weight excluding hydrogens is 508 g/mol. The molecule has 9 nitrogen and oxygen atoms in total. The van der Waals surface area contributed by atoms with Crippen LogP contribution in [-0.4, -0.2) is 74.7 Å². The Balaban J connectivity index is 1.33. The number of hydrogen-bond donors (Lipinski definition) is 0. The number of benzene rings is 2. The van der Waals surface area contributed by atoms with Gasteiger partial charge in [0.25, 0.3) is 5.91 Å². The van der Waals surface area contributed by atoms with Crippen LogP contribution in [-0.2, 0) is 10.5 Å². The Morgan fingerprint density at radius 1 is 1.00 bits per heavy atom. The molecule has 1 saturated heterocycles. The van der Waals surface area contributed by atoms with Crippen molar-refractivity contribution in [3.8, 4) is 22.8 Å². The van der Waals surface area contributed by atoms with Crippen molar-refractivity contribution in [2.75, 3.05) is 33.3 Å². The SMILES string of the molecule is COc1cccc(-c2nnc(SCc3nc(C(=O)N4CCN(C(C)=O)CC4)cs3)n2-c2ccccc2)c1. The highest BCUT2D eigenvalue weighted by Gasteiger charge is 2.25. The Bertz CT molecular complexity index is 1400. The summed E-state index contributed by atoms with van der Waals surface area (Å²) >= 11 is 2.98. The maximum atomic E-state index is 12.9. The highest BCUT2D eigenvalue weighted by atomic mass is 32.2. The standard InChI is InChI=1S/C26H26N6O3S2/c1-18(33)30-11-13-31(14-12-30)25(34)22-16-36-23(27-22)17-37-26-29-28-24(19-7-6-10-21(15-19)35-2)32(26)20-8-4-3-5-9-20/h3-10,15-16H,11-14,17H2,1-2H3. The molecule has 0 radical (unpaired) electrons. The fraction of sp³-hybridized carbons (Fsp3) is 0.269. The number of carbonyl (C=O) groups is 2. The van der Waals surface area contributed by atoms with Crippen molar-refractivity contribution in [1.29, 1.82) is 0 Å².